The number of hydrazone groups is 1. The summed E-state index contributed by atoms with van der Waals surface area (Å²) in [7, 11) is 4.45. The van der Waals surface area contributed by atoms with E-state index >= 15 is 0 Å². The Bertz CT molecular complexity index is 1400. The summed E-state index contributed by atoms with van der Waals surface area (Å²) in [6.07, 6.45) is 1.00. The number of aromatic amines is 1. The molecule has 1 fully saturated rings. The van der Waals surface area contributed by atoms with Crippen LogP contribution in [0.3, 0.4) is 0 Å². The van der Waals surface area contributed by atoms with Gasteiger partial charge in [-0.2, -0.15) is 5.43 Å². The molecule has 13 nitrogen and oxygen atoms in total. The molecule has 2 aromatic rings. The van der Waals surface area contributed by atoms with E-state index in [1.54, 1.807) is 19.2 Å². The Balaban J connectivity index is 1.66. The Hall–Kier alpha value is -4.35. The van der Waals surface area contributed by atoms with E-state index in [-0.39, 0.29) is 23.0 Å². The lowest BCUT2D eigenvalue weighted by molar-refractivity contribution is -0.130. The number of benzene rings is 1. The van der Waals surface area contributed by atoms with Gasteiger partial charge in [0.05, 0.1) is 18.9 Å². The summed E-state index contributed by atoms with van der Waals surface area (Å²) in [6, 6.07) is 4.79. The molecular weight excluding hydrogens is 456 g/mol. The van der Waals surface area contributed by atoms with Crippen molar-refractivity contribution < 1.29 is 14.7 Å². The van der Waals surface area contributed by atoms with Crippen LogP contribution in [0.5, 0.6) is 5.88 Å². The molecule has 2 aliphatic rings. The SMILES string of the molecule is CN1C(=O)C2C(=[N+]=C(N/N=C/c3c(O)n(-c4cccc(Cl)c4)c(=O)[nH]c3=O)N2C)N(C)C1=O. The highest BCUT2D eigenvalue weighted by molar-refractivity contribution is 6.30. The first-order valence-corrected chi connectivity index (χ1v) is 9.86. The quantitative estimate of drug-likeness (QED) is 0.277. The molecule has 1 atom stereocenters. The molecule has 1 unspecified atom stereocenters. The van der Waals surface area contributed by atoms with Gasteiger partial charge >= 0.3 is 23.5 Å². The molecule has 170 valence electrons. The fraction of sp³-hybridized carbons (Fsp3) is 0.211. The minimum absolute atomic E-state index is 0.133. The van der Waals surface area contributed by atoms with Crippen molar-refractivity contribution in [2.24, 2.45) is 5.10 Å². The van der Waals surface area contributed by atoms with Crippen LogP contribution in [0.25, 0.3) is 5.69 Å². The molecule has 0 saturated carbocycles. The number of halogens is 1. The summed E-state index contributed by atoms with van der Waals surface area (Å²) >= 11 is 5.95. The van der Waals surface area contributed by atoms with Crippen LogP contribution in [-0.2, 0) is 4.79 Å². The highest BCUT2D eigenvalue weighted by Crippen LogP contribution is 2.19. The number of hydrogen-bond acceptors (Lipinski definition) is 8. The Morgan fingerprint density at radius 2 is 1.91 bits per heavy atom. The van der Waals surface area contributed by atoms with Crippen LogP contribution in [0.1, 0.15) is 5.56 Å². The topological polar surface area (TPSA) is 157 Å². The number of fused-ring (bicyclic) bond motifs is 1. The average molecular weight is 474 g/mol. The summed E-state index contributed by atoms with van der Waals surface area (Å²) in [6.45, 7) is 0. The van der Waals surface area contributed by atoms with Crippen molar-refractivity contribution in [3.8, 4) is 11.6 Å². The van der Waals surface area contributed by atoms with Crippen molar-refractivity contribution in [1.82, 2.24) is 34.3 Å². The van der Waals surface area contributed by atoms with Crippen LogP contribution in [0.15, 0.2) is 39.0 Å². The molecule has 14 heteroatoms. The van der Waals surface area contributed by atoms with Crippen molar-refractivity contribution in [3.05, 3.63) is 55.7 Å². The highest BCUT2D eigenvalue weighted by atomic mass is 35.5. The molecule has 1 aromatic carbocycles. The van der Waals surface area contributed by atoms with Gasteiger partial charge in [-0.15, -0.1) is 5.10 Å². The third-order valence-corrected chi connectivity index (χ3v) is 5.45. The number of amidine groups is 1. The Morgan fingerprint density at radius 1 is 1.18 bits per heavy atom. The maximum Gasteiger partial charge on any atom is 0.421 e. The molecule has 3 N–H and O–H groups in total. The van der Waals surface area contributed by atoms with Gasteiger partial charge in [0, 0.05) is 19.1 Å². The second-order valence-corrected chi connectivity index (χ2v) is 7.66. The number of guanidine groups is 1. The molecule has 2 aliphatic heterocycles. The van der Waals surface area contributed by atoms with E-state index in [1.807, 2.05) is 0 Å². The van der Waals surface area contributed by atoms with E-state index in [9.17, 15) is 24.3 Å². The third-order valence-electron chi connectivity index (χ3n) is 5.21. The molecular formula is C19H18ClN8O5+. The molecule has 3 heterocycles. The average Bonchev–Trinajstić information content (AvgIpc) is 3.09. The second kappa shape index (κ2) is 7.97. The van der Waals surface area contributed by atoms with E-state index in [0.29, 0.717) is 5.02 Å². The van der Waals surface area contributed by atoms with Crippen LogP contribution in [0.2, 0.25) is 5.02 Å². The minimum Gasteiger partial charge on any atom is -0.493 e. The minimum atomic E-state index is -0.867. The predicted octanol–water partition coefficient (Wildman–Crippen LogP) is -1.53. The van der Waals surface area contributed by atoms with Crippen molar-refractivity contribution in [2.45, 2.75) is 6.04 Å². The summed E-state index contributed by atoms with van der Waals surface area (Å²) in [5.41, 5.74) is 0.787. The van der Waals surface area contributed by atoms with E-state index in [0.717, 1.165) is 15.7 Å². The molecule has 4 rings (SSSR count). The molecule has 1 saturated heterocycles. The first kappa shape index (κ1) is 21.9. The van der Waals surface area contributed by atoms with Crippen LogP contribution in [-0.4, -0.2) is 86.5 Å². The Morgan fingerprint density at radius 3 is 2.61 bits per heavy atom. The lowest BCUT2D eigenvalue weighted by Crippen LogP contribution is -2.63. The van der Waals surface area contributed by atoms with Gasteiger partial charge < -0.3 is 5.11 Å². The number of nitrogens with one attached hydrogen (secondary N) is 2. The summed E-state index contributed by atoms with van der Waals surface area (Å²) < 4.78 is 5.11. The number of likely N-dealkylation sites (N-methyl/N-ethyl adjacent to an activating group) is 3. The molecule has 33 heavy (non-hydrogen) atoms. The summed E-state index contributed by atoms with van der Waals surface area (Å²) in [4.78, 5) is 55.0. The van der Waals surface area contributed by atoms with Gasteiger partial charge in [-0.1, -0.05) is 17.7 Å². The van der Waals surface area contributed by atoms with Crippen molar-refractivity contribution >= 4 is 41.5 Å². The van der Waals surface area contributed by atoms with Gasteiger partial charge in [-0.25, -0.2) is 28.6 Å². The molecule has 1 aromatic heterocycles. The second-order valence-electron chi connectivity index (χ2n) is 7.23. The lowest BCUT2D eigenvalue weighted by atomic mass is 10.1. The highest BCUT2D eigenvalue weighted by Gasteiger charge is 2.53. The van der Waals surface area contributed by atoms with Gasteiger partial charge in [-0.3, -0.25) is 19.5 Å². The molecule has 0 aliphatic carbocycles. The predicted molar refractivity (Wildman–Crippen MR) is 120 cm³/mol. The van der Waals surface area contributed by atoms with Crippen LogP contribution in [0, 0.1) is 0 Å². The number of nitrogens with zero attached hydrogens (tertiary/aromatic N) is 6. The lowest BCUT2D eigenvalue weighted by Gasteiger charge is -2.30. The number of rotatable bonds is 3. The van der Waals surface area contributed by atoms with Crippen LogP contribution < -0.4 is 21.3 Å². The fourth-order valence-corrected chi connectivity index (χ4v) is 3.63. The molecule has 0 radical (unpaired) electrons. The largest absolute Gasteiger partial charge is 0.493 e. The maximum atomic E-state index is 12.5. The standard InChI is InChI=1S/C19H17ClN8O5/c1-25-12-13(26(2)19(33)27(3)16(12)31)22-17(25)24-21-8-11-14(29)23-18(32)28(15(11)30)10-6-4-5-9(20)7-10/h4-8,12H,1-3H3,(H2,21,23,29,30,32)/p+1. The number of hydrogen-bond donors (Lipinski definition) is 3. The third kappa shape index (κ3) is 3.54. The Labute approximate surface area is 190 Å². The van der Waals surface area contributed by atoms with Crippen molar-refractivity contribution in [3.63, 3.8) is 0 Å². The maximum absolute atomic E-state index is 12.5. The first-order valence-electron chi connectivity index (χ1n) is 9.48. The summed E-state index contributed by atoms with van der Waals surface area (Å²) in [5, 5.41) is 14.8. The molecule has 0 spiro atoms. The number of carbonyl (C=O) groups excluding carboxylic acids is 2. The number of H-pyrrole nitrogens is 1. The molecule has 3 amide bonds. The smallest absolute Gasteiger partial charge is 0.421 e. The Kier molecular flexibility index (Phi) is 5.28. The molecule has 0 bridgehead atoms. The number of carbonyl (C=O) groups is 2. The number of aromatic hydroxyl groups is 1. The van der Waals surface area contributed by atoms with E-state index < -0.39 is 35.1 Å². The zero-order chi connectivity index (χ0) is 24.0. The van der Waals surface area contributed by atoms with Crippen LogP contribution >= 0.6 is 11.6 Å². The fourth-order valence-electron chi connectivity index (χ4n) is 3.45. The monoisotopic (exact) mass is 473 g/mol. The van der Waals surface area contributed by atoms with Gasteiger partial charge in [0.2, 0.25) is 11.9 Å². The number of aromatic nitrogens is 2. The van der Waals surface area contributed by atoms with E-state index in [2.05, 4.69) is 20.2 Å². The van der Waals surface area contributed by atoms with Gasteiger partial charge in [0.15, 0.2) is 0 Å². The number of urea groups is 1. The number of amides is 3. The van der Waals surface area contributed by atoms with Gasteiger partial charge in [-0.05, 0) is 18.2 Å². The number of imide groups is 1. The summed E-state index contributed by atoms with van der Waals surface area (Å²) in [5.74, 6) is -0.751. The van der Waals surface area contributed by atoms with Gasteiger partial charge in [0.1, 0.15) is 5.56 Å². The van der Waals surface area contributed by atoms with E-state index in [1.165, 1.54) is 36.0 Å². The van der Waals surface area contributed by atoms with Crippen LogP contribution in [0.4, 0.5) is 4.79 Å². The zero-order valence-electron chi connectivity index (χ0n) is 17.6. The van der Waals surface area contributed by atoms with E-state index in [4.69, 9.17) is 11.6 Å². The normalized spacial score (nSPS) is 18.1. The van der Waals surface area contributed by atoms with Crippen molar-refractivity contribution in [2.75, 3.05) is 21.1 Å². The van der Waals surface area contributed by atoms with Gasteiger partial charge in [0.25, 0.3) is 11.5 Å². The first-order chi connectivity index (χ1) is 15.6. The zero-order valence-corrected chi connectivity index (χ0v) is 18.4. The van der Waals surface area contributed by atoms with Crippen molar-refractivity contribution in [1.29, 1.82) is 0 Å².